The molecule has 0 amide bonds. The molecular weight excluding hydrogens is 402 g/mol. The number of halogens is 14. The molecule has 152 valence electrons. The van der Waals surface area contributed by atoms with Gasteiger partial charge >= 0.3 is 36.0 Å². The van der Waals surface area contributed by atoms with Gasteiger partial charge < -0.3 is 4.74 Å². The zero-order valence-corrected chi connectivity index (χ0v) is 11.5. The largest absolute Gasteiger partial charge is 0.395 e. The van der Waals surface area contributed by atoms with Crippen molar-refractivity contribution < 1.29 is 66.2 Å². The second kappa shape index (κ2) is 6.95. The zero-order valence-electron chi connectivity index (χ0n) is 11.5. The summed E-state index contributed by atoms with van der Waals surface area (Å²) in [7, 11) is 0. The summed E-state index contributed by atoms with van der Waals surface area (Å²) < 4.78 is 176. The van der Waals surface area contributed by atoms with Crippen LogP contribution in [0.2, 0.25) is 0 Å². The summed E-state index contributed by atoms with van der Waals surface area (Å²) in [5, 5.41) is 0. The summed E-state index contributed by atoms with van der Waals surface area (Å²) in [6.07, 6.45) is -18.3. The summed E-state index contributed by atoms with van der Waals surface area (Å²) in [5.41, 5.74) is 0. The van der Waals surface area contributed by atoms with E-state index in [0.29, 0.717) is 0 Å². The van der Waals surface area contributed by atoms with E-state index in [1.54, 1.807) is 0 Å². The van der Waals surface area contributed by atoms with E-state index in [9.17, 15) is 61.5 Å². The third-order valence-electron chi connectivity index (χ3n) is 2.48. The molecule has 0 radical (unpaired) electrons. The SMILES string of the molecule is FC(F)(F)CC(F)(F)C(F)(F)COCC(F)(F)C(F)(F)CC(F)(F)F. The van der Waals surface area contributed by atoms with Crippen molar-refractivity contribution >= 4 is 0 Å². The quantitative estimate of drug-likeness (QED) is 0.484. The number of hydrogen-bond acceptors (Lipinski definition) is 1. The first kappa shape index (κ1) is 24.0. The van der Waals surface area contributed by atoms with E-state index in [4.69, 9.17) is 0 Å². The van der Waals surface area contributed by atoms with E-state index in [0.717, 1.165) is 0 Å². The molecule has 15 heteroatoms. The highest BCUT2D eigenvalue weighted by Gasteiger charge is 2.63. The van der Waals surface area contributed by atoms with Crippen LogP contribution < -0.4 is 0 Å². The van der Waals surface area contributed by atoms with Gasteiger partial charge in [-0.1, -0.05) is 0 Å². The Bertz CT molecular complexity index is 394. The van der Waals surface area contributed by atoms with Crippen LogP contribution in [-0.4, -0.2) is 49.3 Å². The fourth-order valence-corrected chi connectivity index (χ4v) is 1.28. The van der Waals surface area contributed by atoms with Crippen molar-refractivity contribution in [2.24, 2.45) is 0 Å². The van der Waals surface area contributed by atoms with E-state index in [1.165, 1.54) is 0 Å². The van der Waals surface area contributed by atoms with Gasteiger partial charge in [-0.25, -0.2) is 0 Å². The van der Waals surface area contributed by atoms with Gasteiger partial charge in [0.1, 0.15) is 26.1 Å². The fourth-order valence-electron chi connectivity index (χ4n) is 1.28. The highest BCUT2D eigenvalue weighted by Crippen LogP contribution is 2.44. The summed E-state index contributed by atoms with van der Waals surface area (Å²) in [4.78, 5) is 0. The Hall–Kier alpha value is -1.02. The molecular formula is C10H8F14O. The lowest BCUT2D eigenvalue weighted by Gasteiger charge is -2.30. The molecule has 0 rings (SSSR count). The molecule has 1 nitrogen and oxygen atoms in total. The molecule has 0 aliphatic rings. The van der Waals surface area contributed by atoms with Gasteiger partial charge in [0.2, 0.25) is 0 Å². The summed E-state index contributed by atoms with van der Waals surface area (Å²) in [6.45, 7) is -5.71. The van der Waals surface area contributed by atoms with Gasteiger partial charge in [0.25, 0.3) is 0 Å². The standard InChI is InChI=1S/C10H8F14O/c11-5(12,1-9(19,20)21)7(15,16)3-25-4-8(17,18)6(13,14)2-10(22,23)24/h1-4H2. The lowest BCUT2D eigenvalue weighted by atomic mass is 10.1. The van der Waals surface area contributed by atoms with Gasteiger partial charge in [-0.05, 0) is 0 Å². The molecule has 0 atom stereocenters. The number of hydrogen-bond donors (Lipinski definition) is 0. The van der Waals surface area contributed by atoms with Crippen molar-refractivity contribution in [3.05, 3.63) is 0 Å². The highest BCUT2D eigenvalue weighted by atomic mass is 19.4. The van der Waals surface area contributed by atoms with E-state index in [-0.39, 0.29) is 0 Å². The summed E-state index contributed by atoms with van der Waals surface area (Å²) >= 11 is 0. The van der Waals surface area contributed by atoms with E-state index in [1.807, 2.05) is 0 Å². The van der Waals surface area contributed by atoms with Crippen LogP contribution in [0.15, 0.2) is 0 Å². The zero-order chi connectivity index (χ0) is 20.5. The lowest BCUT2D eigenvalue weighted by molar-refractivity contribution is -0.297. The average molecular weight is 410 g/mol. The maximum Gasteiger partial charge on any atom is 0.395 e. The fraction of sp³-hybridized carbons (Fsp3) is 1.00. The van der Waals surface area contributed by atoms with Crippen LogP contribution in [0.25, 0.3) is 0 Å². The van der Waals surface area contributed by atoms with E-state index >= 15 is 0 Å². The normalized spacial score (nSPS) is 15.6. The van der Waals surface area contributed by atoms with Gasteiger partial charge in [-0.2, -0.15) is 61.5 Å². The van der Waals surface area contributed by atoms with E-state index in [2.05, 4.69) is 4.74 Å². The minimum absolute atomic E-state index is 2.85. The van der Waals surface area contributed by atoms with Gasteiger partial charge in [0.05, 0.1) is 0 Å². The molecule has 0 aromatic rings. The van der Waals surface area contributed by atoms with Gasteiger partial charge in [-0.3, -0.25) is 0 Å². The first-order valence-corrected chi connectivity index (χ1v) is 5.84. The second-order valence-electron chi connectivity index (χ2n) is 4.89. The highest BCUT2D eigenvalue weighted by molar-refractivity contribution is 4.89. The smallest absolute Gasteiger partial charge is 0.368 e. The monoisotopic (exact) mass is 410 g/mol. The Morgan fingerprint density at radius 3 is 0.840 bits per heavy atom. The maximum absolute atomic E-state index is 12.9. The molecule has 0 aromatic heterocycles. The van der Waals surface area contributed by atoms with Crippen molar-refractivity contribution in [2.45, 2.75) is 48.9 Å². The molecule has 0 spiro atoms. The molecule has 0 unspecified atom stereocenters. The Morgan fingerprint density at radius 1 is 0.400 bits per heavy atom. The van der Waals surface area contributed by atoms with Crippen LogP contribution in [0, 0.1) is 0 Å². The Balaban J connectivity index is 4.92. The van der Waals surface area contributed by atoms with Gasteiger partial charge in [0, 0.05) is 0 Å². The molecule has 0 saturated heterocycles. The Kier molecular flexibility index (Phi) is 6.66. The lowest BCUT2D eigenvalue weighted by Crippen LogP contribution is -2.50. The molecule has 0 bridgehead atoms. The maximum atomic E-state index is 12.9. The van der Waals surface area contributed by atoms with Crippen LogP contribution in [0.1, 0.15) is 12.8 Å². The molecule has 0 N–H and O–H groups in total. The van der Waals surface area contributed by atoms with Crippen LogP contribution in [0.3, 0.4) is 0 Å². The number of ether oxygens (including phenoxy) is 1. The molecule has 0 aliphatic heterocycles. The molecule has 0 heterocycles. The minimum atomic E-state index is -5.82. The van der Waals surface area contributed by atoms with Crippen molar-refractivity contribution in [2.75, 3.05) is 13.2 Å². The first-order valence-electron chi connectivity index (χ1n) is 5.84. The molecule has 0 fully saturated rings. The predicted molar refractivity (Wildman–Crippen MR) is 52.0 cm³/mol. The van der Waals surface area contributed by atoms with Crippen LogP contribution in [-0.2, 0) is 4.74 Å². The third-order valence-corrected chi connectivity index (χ3v) is 2.48. The summed E-state index contributed by atoms with van der Waals surface area (Å²) in [5.74, 6) is -23.0. The molecule has 0 saturated carbocycles. The molecule has 0 aromatic carbocycles. The van der Waals surface area contributed by atoms with Crippen LogP contribution in [0.5, 0.6) is 0 Å². The average Bonchev–Trinajstić information content (AvgIpc) is 2.20. The first-order chi connectivity index (χ1) is 10.6. The van der Waals surface area contributed by atoms with Crippen LogP contribution in [0.4, 0.5) is 61.5 Å². The third kappa shape index (κ3) is 7.40. The van der Waals surface area contributed by atoms with Crippen LogP contribution >= 0.6 is 0 Å². The minimum Gasteiger partial charge on any atom is -0.368 e. The van der Waals surface area contributed by atoms with E-state index < -0.39 is 62.1 Å². The molecule has 0 aliphatic carbocycles. The van der Waals surface area contributed by atoms with Gasteiger partial charge in [0.15, 0.2) is 0 Å². The van der Waals surface area contributed by atoms with Crippen molar-refractivity contribution in [3.63, 3.8) is 0 Å². The van der Waals surface area contributed by atoms with Gasteiger partial charge in [-0.15, -0.1) is 0 Å². The van der Waals surface area contributed by atoms with Crippen molar-refractivity contribution in [1.29, 1.82) is 0 Å². The number of rotatable bonds is 8. The predicted octanol–water partition coefficient (Wildman–Crippen LogP) is 5.45. The van der Waals surface area contributed by atoms with Crippen molar-refractivity contribution in [1.82, 2.24) is 0 Å². The number of alkyl halides is 14. The summed E-state index contributed by atoms with van der Waals surface area (Å²) in [6, 6.07) is 0. The Labute approximate surface area is 129 Å². The topological polar surface area (TPSA) is 9.23 Å². The Morgan fingerprint density at radius 2 is 0.640 bits per heavy atom. The van der Waals surface area contributed by atoms with Crippen molar-refractivity contribution in [3.8, 4) is 0 Å². The second-order valence-corrected chi connectivity index (χ2v) is 4.89. The molecule has 25 heavy (non-hydrogen) atoms.